The lowest BCUT2D eigenvalue weighted by Crippen LogP contribution is -2.35. The van der Waals surface area contributed by atoms with E-state index >= 15 is 0 Å². The monoisotopic (exact) mass is 221 g/mol. The standard InChI is InChI=1S/C10H11N3O3/c1-12-9(15)6-4-13(8(14)2-3-11)5-7(6)10(12)16/h6-7H,2,4-5H2,1H3. The minimum Gasteiger partial charge on any atom is -0.340 e. The predicted molar refractivity (Wildman–Crippen MR) is 51.6 cm³/mol. The fourth-order valence-corrected chi connectivity index (χ4v) is 2.29. The molecule has 16 heavy (non-hydrogen) atoms. The summed E-state index contributed by atoms with van der Waals surface area (Å²) in [5, 5.41) is 8.41. The summed E-state index contributed by atoms with van der Waals surface area (Å²) in [5.74, 6) is -1.55. The molecule has 2 aliphatic heterocycles. The fourth-order valence-electron chi connectivity index (χ4n) is 2.29. The first-order valence-corrected chi connectivity index (χ1v) is 5.02. The van der Waals surface area contributed by atoms with Crippen LogP contribution in [0.5, 0.6) is 0 Å². The number of hydrogen-bond donors (Lipinski definition) is 0. The molecule has 0 aromatic heterocycles. The minimum atomic E-state index is -0.403. The van der Waals surface area contributed by atoms with Crippen molar-refractivity contribution in [3.63, 3.8) is 0 Å². The van der Waals surface area contributed by atoms with E-state index in [0.29, 0.717) is 0 Å². The zero-order chi connectivity index (χ0) is 11.9. The maximum atomic E-state index is 11.6. The first kappa shape index (κ1) is 10.6. The summed E-state index contributed by atoms with van der Waals surface area (Å²) in [6, 6.07) is 1.77. The number of hydrogen-bond acceptors (Lipinski definition) is 4. The van der Waals surface area contributed by atoms with Crippen LogP contribution < -0.4 is 0 Å². The van der Waals surface area contributed by atoms with Crippen LogP contribution in [0.1, 0.15) is 6.42 Å². The molecule has 2 fully saturated rings. The van der Waals surface area contributed by atoms with Crippen LogP contribution >= 0.6 is 0 Å². The molecule has 0 spiro atoms. The quantitative estimate of drug-likeness (QED) is 0.530. The van der Waals surface area contributed by atoms with Crippen LogP contribution in [-0.2, 0) is 14.4 Å². The van der Waals surface area contributed by atoms with Gasteiger partial charge in [0.15, 0.2) is 0 Å². The maximum absolute atomic E-state index is 11.6. The smallest absolute Gasteiger partial charge is 0.236 e. The molecule has 2 rings (SSSR count). The number of nitriles is 1. The highest BCUT2D eigenvalue weighted by Gasteiger charge is 2.51. The van der Waals surface area contributed by atoms with Crippen molar-refractivity contribution in [1.82, 2.24) is 9.80 Å². The summed E-state index contributed by atoms with van der Waals surface area (Å²) in [5.41, 5.74) is 0. The van der Waals surface area contributed by atoms with Crippen molar-refractivity contribution >= 4 is 17.7 Å². The highest BCUT2D eigenvalue weighted by Crippen LogP contribution is 2.32. The highest BCUT2D eigenvalue weighted by molar-refractivity contribution is 6.06. The average molecular weight is 221 g/mol. The largest absolute Gasteiger partial charge is 0.340 e. The molecule has 0 aromatic carbocycles. The SMILES string of the molecule is CN1C(=O)C2CN(C(=O)CC#N)CC2C1=O. The van der Waals surface area contributed by atoms with E-state index in [-0.39, 0.29) is 37.2 Å². The second-order valence-corrected chi connectivity index (χ2v) is 4.08. The number of fused-ring (bicyclic) bond motifs is 1. The Morgan fingerprint density at radius 1 is 1.38 bits per heavy atom. The molecule has 2 atom stereocenters. The van der Waals surface area contributed by atoms with E-state index in [1.807, 2.05) is 0 Å². The van der Waals surface area contributed by atoms with E-state index in [9.17, 15) is 14.4 Å². The molecule has 6 heteroatoms. The van der Waals surface area contributed by atoms with Gasteiger partial charge in [-0.25, -0.2) is 0 Å². The van der Waals surface area contributed by atoms with Crippen molar-refractivity contribution in [2.75, 3.05) is 20.1 Å². The van der Waals surface area contributed by atoms with Gasteiger partial charge in [-0.2, -0.15) is 5.26 Å². The molecule has 2 saturated heterocycles. The summed E-state index contributed by atoms with van der Waals surface area (Å²) in [6.07, 6.45) is -0.197. The Balaban J connectivity index is 2.11. The number of nitrogens with zero attached hydrogens (tertiary/aromatic N) is 3. The van der Waals surface area contributed by atoms with Crippen molar-refractivity contribution in [3.05, 3.63) is 0 Å². The van der Waals surface area contributed by atoms with E-state index in [1.54, 1.807) is 6.07 Å². The van der Waals surface area contributed by atoms with E-state index in [0.717, 1.165) is 4.90 Å². The lowest BCUT2D eigenvalue weighted by molar-refractivity contribution is -0.139. The first-order valence-electron chi connectivity index (χ1n) is 5.02. The summed E-state index contributed by atoms with van der Waals surface area (Å²) >= 11 is 0. The summed E-state index contributed by atoms with van der Waals surface area (Å²) in [7, 11) is 1.46. The minimum absolute atomic E-state index is 0.197. The molecule has 0 saturated carbocycles. The van der Waals surface area contributed by atoms with Gasteiger partial charge < -0.3 is 4.90 Å². The lowest BCUT2D eigenvalue weighted by Gasteiger charge is -2.17. The van der Waals surface area contributed by atoms with Gasteiger partial charge in [-0.15, -0.1) is 0 Å². The zero-order valence-corrected chi connectivity index (χ0v) is 8.84. The van der Waals surface area contributed by atoms with Gasteiger partial charge in [0.2, 0.25) is 17.7 Å². The molecule has 0 N–H and O–H groups in total. The topological polar surface area (TPSA) is 81.5 Å². The van der Waals surface area contributed by atoms with Crippen molar-refractivity contribution in [3.8, 4) is 6.07 Å². The molecule has 2 aliphatic rings. The van der Waals surface area contributed by atoms with Gasteiger partial charge in [0.05, 0.1) is 17.9 Å². The van der Waals surface area contributed by atoms with E-state index in [1.165, 1.54) is 11.9 Å². The molecule has 2 heterocycles. The molecule has 0 aliphatic carbocycles. The van der Waals surface area contributed by atoms with Gasteiger partial charge in [0.1, 0.15) is 6.42 Å². The normalized spacial score (nSPS) is 28.2. The van der Waals surface area contributed by atoms with Crippen molar-refractivity contribution in [2.24, 2.45) is 11.8 Å². The molecule has 0 radical (unpaired) electrons. The molecule has 0 bridgehead atoms. The van der Waals surface area contributed by atoms with Gasteiger partial charge >= 0.3 is 0 Å². The summed E-state index contributed by atoms with van der Waals surface area (Å²) in [4.78, 5) is 37.2. The highest BCUT2D eigenvalue weighted by atomic mass is 16.2. The van der Waals surface area contributed by atoms with Crippen LogP contribution in [0.25, 0.3) is 0 Å². The number of likely N-dealkylation sites (tertiary alicyclic amines) is 2. The fraction of sp³-hybridized carbons (Fsp3) is 0.600. The molecule has 84 valence electrons. The Labute approximate surface area is 92.4 Å². The van der Waals surface area contributed by atoms with E-state index in [4.69, 9.17) is 5.26 Å². The van der Waals surface area contributed by atoms with Gasteiger partial charge in [0, 0.05) is 20.1 Å². The Morgan fingerprint density at radius 3 is 2.31 bits per heavy atom. The third-order valence-electron chi connectivity index (χ3n) is 3.20. The zero-order valence-electron chi connectivity index (χ0n) is 8.84. The molecular weight excluding hydrogens is 210 g/mol. The van der Waals surface area contributed by atoms with Crippen LogP contribution in [0.2, 0.25) is 0 Å². The van der Waals surface area contributed by atoms with Crippen LogP contribution in [0.15, 0.2) is 0 Å². The second-order valence-electron chi connectivity index (χ2n) is 4.08. The summed E-state index contributed by atoms with van der Waals surface area (Å²) in [6.45, 7) is 0.528. The number of amides is 3. The molecular formula is C10H11N3O3. The van der Waals surface area contributed by atoms with Crippen LogP contribution in [0.3, 0.4) is 0 Å². The van der Waals surface area contributed by atoms with Crippen molar-refractivity contribution in [1.29, 1.82) is 5.26 Å². The van der Waals surface area contributed by atoms with Gasteiger partial charge in [-0.1, -0.05) is 0 Å². The Bertz CT molecular complexity index is 388. The third-order valence-corrected chi connectivity index (χ3v) is 3.20. The Kier molecular flexibility index (Phi) is 2.38. The Morgan fingerprint density at radius 2 is 1.88 bits per heavy atom. The van der Waals surface area contributed by atoms with Crippen LogP contribution in [-0.4, -0.2) is 47.7 Å². The number of carbonyl (C=O) groups is 3. The van der Waals surface area contributed by atoms with Crippen LogP contribution in [0.4, 0.5) is 0 Å². The lowest BCUT2D eigenvalue weighted by atomic mass is 10.00. The van der Waals surface area contributed by atoms with Gasteiger partial charge in [0.25, 0.3) is 0 Å². The number of rotatable bonds is 1. The van der Waals surface area contributed by atoms with Gasteiger partial charge in [-0.05, 0) is 0 Å². The van der Waals surface area contributed by atoms with E-state index < -0.39 is 11.8 Å². The molecule has 2 unspecified atom stereocenters. The maximum Gasteiger partial charge on any atom is 0.236 e. The molecule has 3 amide bonds. The summed E-state index contributed by atoms with van der Waals surface area (Å²) < 4.78 is 0. The van der Waals surface area contributed by atoms with Crippen LogP contribution in [0, 0.1) is 23.2 Å². The number of imide groups is 1. The number of carbonyl (C=O) groups excluding carboxylic acids is 3. The van der Waals surface area contributed by atoms with E-state index in [2.05, 4.69) is 0 Å². The predicted octanol–water partition coefficient (Wildman–Crippen LogP) is -1.03. The van der Waals surface area contributed by atoms with Crippen molar-refractivity contribution < 1.29 is 14.4 Å². The second kappa shape index (κ2) is 3.59. The third kappa shape index (κ3) is 1.36. The Hall–Kier alpha value is -1.90. The van der Waals surface area contributed by atoms with Crippen molar-refractivity contribution in [2.45, 2.75) is 6.42 Å². The molecule has 6 nitrogen and oxygen atoms in total. The van der Waals surface area contributed by atoms with Gasteiger partial charge in [-0.3, -0.25) is 19.3 Å². The average Bonchev–Trinajstić information content (AvgIpc) is 2.77. The first-order chi connectivity index (χ1) is 7.56. The molecule has 0 aromatic rings.